The van der Waals surface area contributed by atoms with Crippen molar-refractivity contribution in [3.8, 4) is 0 Å². The van der Waals surface area contributed by atoms with Gasteiger partial charge in [0.1, 0.15) is 6.61 Å². The Hall–Kier alpha value is -0.710. The molecule has 56 valence electrons. The first-order valence-electron chi connectivity index (χ1n) is 2.73. The molecular weight excluding hydrogens is 156 g/mol. The van der Waals surface area contributed by atoms with Crippen molar-refractivity contribution < 1.29 is 19.4 Å². The molecule has 0 radical (unpaired) electrons. The van der Waals surface area contributed by atoms with Gasteiger partial charge in [-0.2, -0.15) is 0 Å². The van der Waals surface area contributed by atoms with Gasteiger partial charge in [-0.15, -0.1) is 11.8 Å². The lowest BCUT2D eigenvalue weighted by Gasteiger charge is -2.16. The normalized spacial score (nSPS) is 25.6. The summed E-state index contributed by atoms with van der Waals surface area (Å²) in [5.41, 5.74) is 0. The molecule has 0 bridgehead atoms. The van der Waals surface area contributed by atoms with Gasteiger partial charge in [-0.05, 0) is 0 Å². The van der Waals surface area contributed by atoms with Crippen LogP contribution in [-0.2, 0) is 14.3 Å². The van der Waals surface area contributed by atoms with Gasteiger partial charge < -0.3 is 9.84 Å². The number of carboxylic acid groups (broad SMARTS) is 1. The first-order valence-corrected chi connectivity index (χ1v) is 3.78. The van der Waals surface area contributed by atoms with Crippen molar-refractivity contribution in [3.05, 3.63) is 0 Å². The minimum absolute atomic E-state index is 0.327. The number of aliphatic carboxylic acids is 1. The second-order valence-electron chi connectivity index (χ2n) is 1.76. The van der Waals surface area contributed by atoms with Gasteiger partial charge in [0.2, 0.25) is 0 Å². The molecule has 1 rings (SSSR count). The third-order valence-electron chi connectivity index (χ3n) is 1.05. The van der Waals surface area contributed by atoms with Crippen LogP contribution in [0.25, 0.3) is 0 Å². The topological polar surface area (TPSA) is 63.6 Å². The molecule has 4 nitrogen and oxygen atoms in total. The highest BCUT2D eigenvalue weighted by Gasteiger charge is 2.31. The highest BCUT2D eigenvalue weighted by Crippen LogP contribution is 2.17. The predicted molar refractivity (Wildman–Crippen MR) is 34.8 cm³/mol. The maximum Gasteiger partial charge on any atom is 0.330 e. The summed E-state index contributed by atoms with van der Waals surface area (Å²) in [6, 6.07) is 0. The Bertz CT molecular complexity index is 167. The number of carboxylic acids is 1. The van der Waals surface area contributed by atoms with Crippen molar-refractivity contribution in [3.63, 3.8) is 0 Å². The van der Waals surface area contributed by atoms with Crippen LogP contribution in [0.2, 0.25) is 0 Å². The van der Waals surface area contributed by atoms with E-state index in [0.717, 1.165) is 11.8 Å². The predicted octanol–water partition coefficient (Wildman–Crippen LogP) is -0.270. The van der Waals surface area contributed by atoms with Crippen LogP contribution in [0.1, 0.15) is 0 Å². The minimum Gasteiger partial charge on any atom is -0.480 e. The number of cyclic esters (lactones) is 1. The second kappa shape index (κ2) is 2.92. The summed E-state index contributed by atoms with van der Waals surface area (Å²) in [4.78, 5) is 20.9. The molecule has 1 atom stereocenters. The number of ether oxygens (including phenoxy) is 1. The highest BCUT2D eigenvalue weighted by molar-refractivity contribution is 8.01. The molecule has 1 N–H and O–H groups in total. The van der Waals surface area contributed by atoms with Crippen LogP contribution >= 0.6 is 11.8 Å². The highest BCUT2D eigenvalue weighted by atomic mass is 32.2. The zero-order valence-electron chi connectivity index (χ0n) is 5.07. The summed E-state index contributed by atoms with van der Waals surface area (Å²) in [6.07, 6.45) is 0. The maximum absolute atomic E-state index is 10.6. The van der Waals surface area contributed by atoms with Crippen LogP contribution in [0.3, 0.4) is 0 Å². The molecule has 0 saturated carbocycles. The van der Waals surface area contributed by atoms with Gasteiger partial charge >= 0.3 is 11.9 Å². The number of carbonyl (C=O) groups is 2. The van der Waals surface area contributed by atoms with E-state index in [-0.39, 0.29) is 0 Å². The standard InChI is InChI=1S/C5H6O4S/c6-4(7)3-5(8)9-1-2-10-3/h3H,1-2H2,(H,6,7). The average Bonchev–Trinajstić information content (AvgIpc) is 1.88. The van der Waals surface area contributed by atoms with Crippen molar-refractivity contribution in [2.45, 2.75) is 5.25 Å². The number of carbonyl (C=O) groups excluding carboxylic acids is 1. The van der Waals surface area contributed by atoms with E-state index >= 15 is 0 Å². The molecule has 1 saturated heterocycles. The molecule has 0 aliphatic carbocycles. The van der Waals surface area contributed by atoms with E-state index in [2.05, 4.69) is 4.74 Å². The molecular formula is C5H6O4S. The maximum atomic E-state index is 10.6. The Labute approximate surface area is 61.5 Å². The molecule has 1 aliphatic heterocycles. The molecule has 0 spiro atoms. The van der Waals surface area contributed by atoms with Gasteiger partial charge in [-0.1, -0.05) is 0 Å². The number of hydrogen-bond donors (Lipinski definition) is 1. The summed E-state index contributed by atoms with van der Waals surface area (Å²) in [7, 11) is 0. The Morgan fingerprint density at radius 1 is 1.80 bits per heavy atom. The van der Waals surface area contributed by atoms with Gasteiger partial charge in [0, 0.05) is 5.75 Å². The van der Waals surface area contributed by atoms with Crippen LogP contribution in [0.4, 0.5) is 0 Å². The molecule has 1 fully saturated rings. The Morgan fingerprint density at radius 3 is 2.90 bits per heavy atom. The smallest absolute Gasteiger partial charge is 0.330 e. The van der Waals surface area contributed by atoms with E-state index in [1.807, 2.05) is 0 Å². The third kappa shape index (κ3) is 1.41. The van der Waals surface area contributed by atoms with Crippen LogP contribution in [0, 0.1) is 0 Å². The fourth-order valence-corrected chi connectivity index (χ4v) is 1.39. The zero-order chi connectivity index (χ0) is 7.56. The molecule has 1 heterocycles. The number of hydrogen-bond acceptors (Lipinski definition) is 4. The lowest BCUT2D eigenvalue weighted by Crippen LogP contribution is -2.33. The van der Waals surface area contributed by atoms with Crippen molar-refractivity contribution in [1.82, 2.24) is 0 Å². The Balaban J connectivity index is 2.56. The zero-order valence-corrected chi connectivity index (χ0v) is 5.89. The Morgan fingerprint density at radius 2 is 2.50 bits per heavy atom. The molecule has 10 heavy (non-hydrogen) atoms. The number of thioether (sulfide) groups is 1. The fraction of sp³-hybridized carbons (Fsp3) is 0.600. The van der Waals surface area contributed by atoms with Gasteiger partial charge in [0.25, 0.3) is 0 Å². The van der Waals surface area contributed by atoms with Gasteiger partial charge in [0.05, 0.1) is 0 Å². The first kappa shape index (κ1) is 7.40. The van der Waals surface area contributed by atoms with Crippen LogP contribution in [-0.4, -0.2) is 34.7 Å². The van der Waals surface area contributed by atoms with Crippen molar-refractivity contribution in [2.24, 2.45) is 0 Å². The molecule has 1 unspecified atom stereocenters. The lowest BCUT2D eigenvalue weighted by molar-refractivity contribution is -0.150. The van der Waals surface area contributed by atoms with Gasteiger partial charge in [-0.25, -0.2) is 0 Å². The molecule has 0 aromatic carbocycles. The van der Waals surface area contributed by atoms with E-state index in [0.29, 0.717) is 12.4 Å². The van der Waals surface area contributed by atoms with Gasteiger partial charge in [-0.3, -0.25) is 9.59 Å². The summed E-state index contributed by atoms with van der Waals surface area (Å²) >= 11 is 1.11. The first-order chi connectivity index (χ1) is 4.72. The van der Waals surface area contributed by atoms with Crippen LogP contribution < -0.4 is 0 Å². The average molecular weight is 162 g/mol. The summed E-state index contributed by atoms with van der Waals surface area (Å²) in [5, 5.41) is 7.38. The monoisotopic (exact) mass is 162 g/mol. The van der Waals surface area contributed by atoms with E-state index in [1.165, 1.54) is 0 Å². The Kier molecular flexibility index (Phi) is 2.16. The summed E-state index contributed by atoms with van der Waals surface area (Å²) in [5.74, 6) is -1.18. The molecule has 0 aromatic rings. The molecule has 1 aliphatic rings. The quantitative estimate of drug-likeness (QED) is 0.424. The SMILES string of the molecule is O=C(O)C1SCCOC1=O. The summed E-state index contributed by atoms with van der Waals surface area (Å²) < 4.78 is 4.51. The largest absolute Gasteiger partial charge is 0.480 e. The van der Waals surface area contributed by atoms with E-state index < -0.39 is 17.2 Å². The van der Waals surface area contributed by atoms with Crippen LogP contribution in [0.15, 0.2) is 0 Å². The molecule has 0 amide bonds. The third-order valence-corrected chi connectivity index (χ3v) is 2.18. The lowest BCUT2D eigenvalue weighted by atomic mass is 10.4. The molecule has 0 aromatic heterocycles. The van der Waals surface area contributed by atoms with Crippen molar-refractivity contribution in [2.75, 3.05) is 12.4 Å². The van der Waals surface area contributed by atoms with Crippen molar-refractivity contribution in [1.29, 1.82) is 0 Å². The van der Waals surface area contributed by atoms with E-state index in [1.54, 1.807) is 0 Å². The van der Waals surface area contributed by atoms with Gasteiger partial charge in [0.15, 0.2) is 5.25 Å². The minimum atomic E-state index is -1.12. The van der Waals surface area contributed by atoms with Crippen LogP contribution in [0.5, 0.6) is 0 Å². The van der Waals surface area contributed by atoms with E-state index in [4.69, 9.17) is 5.11 Å². The molecule has 5 heteroatoms. The number of esters is 1. The fourth-order valence-electron chi connectivity index (χ4n) is 0.624. The van der Waals surface area contributed by atoms with E-state index in [9.17, 15) is 9.59 Å². The summed E-state index contributed by atoms with van der Waals surface area (Å²) in [6.45, 7) is 0.327. The number of rotatable bonds is 1. The second-order valence-corrected chi connectivity index (χ2v) is 2.97. The van der Waals surface area contributed by atoms with Crippen molar-refractivity contribution >= 4 is 23.7 Å².